The van der Waals surface area contributed by atoms with Gasteiger partial charge in [-0.25, -0.2) is 9.98 Å². The van der Waals surface area contributed by atoms with Crippen molar-refractivity contribution in [3.63, 3.8) is 0 Å². The van der Waals surface area contributed by atoms with Crippen molar-refractivity contribution >= 4 is 51.1 Å². The maximum atomic E-state index is 13.4. The molecule has 0 spiro atoms. The molecule has 0 aliphatic heterocycles. The van der Waals surface area contributed by atoms with Crippen molar-refractivity contribution in [3.05, 3.63) is 119 Å². The van der Waals surface area contributed by atoms with E-state index in [9.17, 15) is 13.9 Å². The molecule has 0 bridgehead atoms. The number of aromatic nitrogens is 2. The first-order chi connectivity index (χ1) is 16.7. The molecule has 0 atom stereocenters. The van der Waals surface area contributed by atoms with Crippen molar-refractivity contribution in [3.8, 4) is 6.07 Å². The summed E-state index contributed by atoms with van der Waals surface area (Å²) in [5.41, 5.74) is 3.40. The molecular formula is C26H15FN4OS2. The monoisotopic (exact) mass is 482 g/mol. The maximum absolute atomic E-state index is 13.4. The number of fused-ring (bicyclic) bond motifs is 1. The number of ketones is 1. The average Bonchev–Trinajstić information content (AvgIpc) is 3.49. The molecule has 0 saturated heterocycles. The van der Waals surface area contributed by atoms with Gasteiger partial charge in [0.25, 0.3) is 0 Å². The molecule has 3 aromatic carbocycles. The van der Waals surface area contributed by atoms with Gasteiger partial charge >= 0.3 is 0 Å². The van der Waals surface area contributed by atoms with E-state index in [4.69, 9.17) is 4.99 Å². The van der Waals surface area contributed by atoms with Crippen LogP contribution in [0.15, 0.2) is 96.1 Å². The Balaban J connectivity index is 1.62. The van der Waals surface area contributed by atoms with E-state index in [2.05, 4.69) is 11.1 Å². The van der Waals surface area contributed by atoms with E-state index in [1.54, 1.807) is 24.3 Å². The molecular weight excluding hydrogens is 467 g/mol. The third-order valence-electron chi connectivity index (χ3n) is 5.21. The predicted octanol–water partition coefficient (Wildman–Crippen LogP) is 6.75. The summed E-state index contributed by atoms with van der Waals surface area (Å²) in [7, 11) is 0. The number of rotatable bonds is 6. The van der Waals surface area contributed by atoms with Gasteiger partial charge in [-0.05, 0) is 6.07 Å². The van der Waals surface area contributed by atoms with Gasteiger partial charge in [0.15, 0.2) is 28.0 Å². The molecule has 2 heterocycles. The Bertz CT molecular complexity index is 1530. The van der Waals surface area contributed by atoms with Gasteiger partial charge < -0.3 is 0 Å². The molecule has 5 nitrogen and oxygen atoms in total. The number of aliphatic imine (C=N–C) groups is 1. The van der Waals surface area contributed by atoms with Crippen LogP contribution < -0.4 is 0 Å². The Labute approximate surface area is 203 Å². The second-order valence-electron chi connectivity index (χ2n) is 7.26. The number of thiazole rings is 1. The van der Waals surface area contributed by atoms with Gasteiger partial charge in [-0.2, -0.15) is 5.26 Å². The third-order valence-corrected chi connectivity index (χ3v) is 6.61. The molecule has 0 unspecified atom stereocenters. The Hall–Kier alpha value is -4.06. The van der Waals surface area contributed by atoms with Gasteiger partial charge in [0, 0.05) is 22.7 Å². The quantitative estimate of drug-likeness (QED) is 0.198. The van der Waals surface area contributed by atoms with Crippen LogP contribution in [0.3, 0.4) is 0 Å². The van der Waals surface area contributed by atoms with Crippen molar-refractivity contribution in [2.45, 2.75) is 0 Å². The van der Waals surface area contributed by atoms with Gasteiger partial charge in [-0.15, -0.1) is 3.89 Å². The highest BCUT2D eigenvalue weighted by Crippen LogP contribution is 2.33. The topological polar surface area (TPSA) is 71.0 Å². The van der Waals surface area contributed by atoms with Crippen LogP contribution in [-0.2, 0) is 0 Å². The zero-order valence-corrected chi connectivity index (χ0v) is 19.2. The van der Waals surface area contributed by atoms with Crippen LogP contribution in [0, 0.1) is 11.3 Å². The summed E-state index contributed by atoms with van der Waals surface area (Å²) in [6.45, 7) is 0. The minimum Gasteiger partial charge on any atom is -0.286 e. The van der Waals surface area contributed by atoms with Crippen LogP contribution in [0.4, 0.5) is 8.89 Å². The first-order valence-electron chi connectivity index (χ1n) is 10.2. The summed E-state index contributed by atoms with van der Waals surface area (Å²) < 4.78 is 14.7. The van der Waals surface area contributed by atoms with Crippen LogP contribution in [0.2, 0.25) is 0 Å². The van der Waals surface area contributed by atoms with Crippen molar-refractivity contribution in [2.24, 2.45) is 4.99 Å². The highest BCUT2D eigenvalue weighted by Gasteiger charge is 2.23. The number of carbonyl (C=O) groups is 1. The fourth-order valence-electron chi connectivity index (χ4n) is 3.65. The summed E-state index contributed by atoms with van der Waals surface area (Å²) >= 11 is 1.07. The Kier molecular flexibility index (Phi) is 6.04. The number of carbonyl (C=O) groups excluding carboxylic acids is 1. The lowest BCUT2D eigenvalue weighted by Gasteiger charge is -2.06. The Morgan fingerprint density at radius 3 is 2.21 bits per heavy atom. The molecule has 5 rings (SSSR count). The summed E-state index contributed by atoms with van der Waals surface area (Å²) in [6.07, 6.45) is 1.45. The second-order valence-corrected chi connectivity index (χ2v) is 8.77. The van der Waals surface area contributed by atoms with Crippen molar-refractivity contribution in [1.82, 2.24) is 8.96 Å². The van der Waals surface area contributed by atoms with Gasteiger partial charge in [-0.3, -0.25) is 8.77 Å². The average molecular weight is 483 g/mol. The van der Waals surface area contributed by atoms with E-state index in [1.165, 1.54) is 10.2 Å². The molecule has 34 heavy (non-hydrogen) atoms. The van der Waals surface area contributed by atoms with Crippen LogP contribution in [-0.4, -0.2) is 20.5 Å². The molecule has 2 aromatic heterocycles. The number of para-hydroxylation sites is 1. The third kappa shape index (κ3) is 4.03. The smallest absolute Gasteiger partial charge is 0.223 e. The lowest BCUT2D eigenvalue weighted by Crippen LogP contribution is -2.02. The number of hydrogen-bond acceptors (Lipinski definition) is 6. The van der Waals surface area contributed by atoms with Crippen molar-refractivity contribution in [1.29, 1.82) is 5.26 Å². The largest absolute Gasteiger partial charge is 0.286 e. The molecule has 0 radical (unpaired) electrons. The van der Waals surface area contributed by atoms with E-state index in [0.29, 0.717) is 27.2 Å². The fraction of sp³-hybridized carbons (Fsp3) is 0. The van der Waals surface area contributed by atoms with Crippen LogP contribution in [0.5, 0.6) is 0 Å². The molecule has 8 heteroatoms. The molecule has 0 amide bonds. The first-order valence-corrected chi connectivity index (χ1v) is 11.7. The normalized spacial score (nSPS) is 10.7. The fourth-order valence-corrected chi connectivity index (χ4v) is 4.88. The summed E-state index contributed by atoms with van der Waals surface area (Å²) in [6, 6.07) is 28.4. The number of halogens is 1. The Morgan fingerprint density at radius 1 is 0.971 bits per heavy atom. The minimum absolute atomic E-state index is 0.0215. The van der Waals surface area contributed by atoms with Gasteiger partial charge in [-0.1, -0.05) is 90.2 Å². The molecule has 0 fully saturated rings. The van der Waals surface area contributed by atoms with Crippen LogP contribution >= 0.6 is 23.7 Å². The zero-order valence-electron chi connectivity index (χ0n) is 17.6. The molecule has 0 N–H and O–H groups in total. The van der Waals surface area contributed by atoms with E-state index in [1.807, 2.05) is 60.7 Å². The number of nitriles is 1. The van der Waals surface area contributed by atoms with Gasteiger partial charge in [0.1, 0.15) is 6.07 Å². The maximum Gasteiger partial charge on any atom is 0.223 e. The van der Waals surface area contributed by atoms with E-state index < -0.39 is 0 Å². The van der Waals surface area contributed by atoms with Gasteiger partial charge in [0.2, 0.25) is 5.78 Å². The number of hydrogen-bond donors (Lipinski definition) is 0. The standard InChI is InChI=1S/C26H15FN4OS2/c27-34-31-16-20(19-13-7-8-14-22(19)31)24(32)26-29-21(15-28)25(33-26)30-23(17-9-3-1-4-10-17)18-11-5-2-6-12-18/h1-14,16H. The van der Waals surface area contributed by atoms with E-state index in [-0.39, 0.29) is 28.8 Å². The molecule has 5 aromatic rings. The zero-order chi connectivity index (χ0) is 23.5. The minimum atomic E-state index is -0.382. The molecule has 164 valence electrons. The summed E-state index contributed by atoms with van der Waals surface area (Å²) in [4.78, 5) is 22.4. The van der Waals surface area contributed by atoms with E-state index >= 15 is 0 Å². The lowest BCUT2D eigenvalue weighted by atomic mass is 10.0. The first kappa shape index (κ1) is 21.8. The summed E-state index contributed by atoms with van der Waals surface area (Å²) in [5.74, 6) is -0.382. The highest BCUT2D eigenvalue weighted by molar-refractivity contribution is 7.92. The second kappa shape index (κ2) is 9.43. The molecule has 0 saturated carbocycles. The molecule has 0 aliphatic carbocycles. The van der Waals surface area contributed by atoms with Crippen LogP contribution in [0.1, 0.15) is 32.2 Å². The van der Waals surface area contributed by atoms with Crippen molar-refractivity contribution in [2.75, 3.05) is 0 Å². The van der Waals surface area contributed by atoms with Gasteiger partial charge in [0.05, 0.1) is 16.8 Å². The van der Waals surface area contributed by atoms with E-state index in [0.717, 1.165) is 22.5 Å². The molecule has 0 aliphatic rings. The van der Waals surface area contributed by atoms with Crippen molar-refractivity contribution < 1.29 is 8.68 Å². The Morgan fingerprint density at radius 2 is 1.59 bits per heavy atom. The SMILES string of the molecule is N#Cc1nc(C(=O)c2cn(SF)c3ccccc23)sc1N=C(c1ccccc1)c1ccccc1. The number of benzene rings is 3. The highest BCUT2D eigenvalue weighted by atomic mass is 32.2. The predicted molar refractivity (Wildman–Crippen MR) is 134 cm³/mol. The van der Waals surface area contributed by atoms with Crippen LogP contribution in [0.25, 0.3) is 10.9 Å². The summed E-state index contributed by atoms with van der Waals surface area (Å²) in [5, 5.41) is 10.8. The lowest BCUT2D eigenvalue weighted by molar-refractivity contribution is 0.104. The number of nitrogens with zero attached hydrogens (tertiary/aromatic N) is 4.